The molecule has 11 aromatic rings. The Labute approximate surface area is 369 Å². The van der Waals surface area contributed by atoms with Gasteiger partial charge in [-0.05, 0) is 113 Å². The normalized spacial score (nSPS) is 11.2. The summed E-state index contributed by atoms with van der Waals surface area (Å²) < 4.78 is 0. The van der Waals surface area contributed by atoms with Gasteiger partial charge in [-0.3, -0.25) is 0 Å². The van der Waals surface area contributed by atoms with Crippen molar-refractivity contribution in [2.75, 3.05) is 4.90 Å². The van der Waals surface area contributed by atoms with Crippen molar-refractivity contribution in [1.82, 2.24) is 0 Å². The van der Waals surface area contributed by atoms with Gasteiger partial charge in [-0.15, -0.1) is 0 Å². The fourth-order valence-electron chi connectivity index (χ4n) is 9.22. The second-order valence-electron chi connectivity index (χ2n) is 16.0. The largest absolute Gasteiger partial charge is 0.310 e. The van der Waals surface area contributed by atoms with Crippen molar-refractivity contribution in [3.63, 3.8) is 0 Å². The van der Waals surface area contributed by atoms with Crippen LogP contribution in [-0.2, 0) is 0 Å². The summed E-state index contributed by atoms with van der Waals surface area (Å²) >= 11 is 0. The number of benzene rings is 11. The Balaban J connectivity index is 1.08. The van der Waals surface area contributed by atoms with Crippen LogP contribution in [0.15, 0.2) is 261 Å². The first-order chi connectivity index (χ1) is 31.3. The molecule has 0 bridgehead atoms. The highest BCUT2D eigenvalue weighted by atomic mass is 15.1. The van der Waals surface area contributed by atoms with Gasteiger partial charge in [0.1, 0.15) is 0 Å². The molecule has 0 unspecified atom stereocenters. The maximum atomic E-state index is 2.44. The predicted octanol–water partition coefficient (Wildman–Crippen LogP) is 17.5. The number of anilines is 3. The van der Waals surface area contributed by atoms with Crippen LogP contribution in [0.4, 0.5) is 17.1 Å². The number of rotatable bonds is 9. The van der Waals surface area contributed by atoms with Crippen LogP contribution >= 0.6 is 0 Å². The van der Waals surface area contributed by atoms with Gasteiger partial charge in [0.2, 0.25) is 0 Å². The number of fused-ring (bicyclic) bond motifs is 3. The third kappa shape index (κ3) is 7.26. The lowest BCUT2D eigenvalue weighted by molar-refractivity contribution is 1.30. The van der Waals surface area contributed by atoms with Gasteiger partial charge in [-0.1, -0.05) is 231 Å². The Morgan fingerprint density at radius 2 is 0.476 bits per heavy atom. The van der Waals surface area contributed by atoms with Crippen LogP contribution in [0, 0.1) is 0 Å². The molecule has 0 radical (unpaired) electrons. The van der Waals surface area contributed by atoms with Crippen molar-refractivity contribution in [1.29, 1.82) is 0 Å². The molecular weight excluding hydrogens is 759 g/mol. The monoisotopic (exact) mass is 801 g/mol. The van der Waals surface area contributed by atoms with Crippen LogP contribution in [-0.4, -0.2) is 0 Å². The lowest BCUT2D eigenvalue weighted by atomic mass is 9.84. The molecule has 0 amide bonds. The summed E-state index contributed by atoms with van der Waals surface area (Å²) in [5, 5.41) is 4.88. The van der Waals surface area contributed by atoms with Gasteiger partial charge in [0.15, 0.2) is 0 Å². The van der Waals surface area contributed by atoms with Gasteiger partial charge in [-0.25, -0.2) is 0 Å². The van der Waals surface area contributed by atoms with Crippen LogP contribution < -0.4 is 4.90 Å². The molecule has 0 aliphatic heterocycles. The van der Waals surface area contributed by atoms with Crippen LogP contribution in [0.1, 0.15) is 0 Å². The minimum Gasteiger partial charge on any atom is -0.310 e. The second kappa shape index (κ2) is 16.7. The molecule has 0 N–H and O–H groups in total. The first kappa shape index (κ1) is 37.7. The zero-order valence-electron chi connectivity index (χ0n) is 34.8. The Kier molecular flexibility index (Phi) is 9.97. The molecule has 0 heterocycles. The first-order valence-electron chi connectivity index (χ1n) is 21.7. The average molecular weight is 802 g/mol. The molecule has 296 valence electrons. The van der Waals surface area contributed by atoms with Crippen molar-refractivity contribution >= 4 is 38.6 Å². The molecule has 0 saturated heterocycles. The molecule has 0 aromatic heterocycles. The van der Waals surface area contributed by atoms with Crippen LogP contribution in [0.5, 0.6) is 0 Å². The Morgan fingerprint density at radius 3 is 0.873 bits per heavy atom. The molecule has 11 rings (SSSR count). The van der Waals surface area contributed by atoms with E-state index in [1.807, 2.05) is 0 Å². The third-order valence-electron chi connectivity index (χ3n) is 12.3. The fraction of sp³-hybridized carbons (Fsp3) is 0. The molecule has 0 atom stereocenters. The Hall–Kier alpha value is -8.26. The van der Waals surface area contributed by atoms with Gasteiger partial charge in [0, 0.05) is 16.8 Å². The summed E-state index contributed by atoms with van der Waals surface area (Å²) in [5.41, 5.74) is 17.8. The van der Waals surface area contributed by atoms with Crippen molar-refractivity contribution in [2.45, 2.75) is 0 Å². The van der Waals surface area contributed by atoms with Gasteiger partial charge < -0.3 is 4.90 Å². The maximum Gasteiger partial charge on any atom is 0.0546 e. The van der Waals surface area contributed by atoms with Gasteiger partial charge in [0.05, 0.1) is 5.69 Å². The molecule has 1 nitrogen and oxygen atoms in total. The van der Waals surface area contributed by atoms with Crippen LogP contribution in [0.2, 0.25) is 0 Å². The van der Waals surface area contributed by atoms with Crippen LogP contribution in [0.25, 0.3) is 88.3 Å². The smallest absolute Gasteiger partial charge is 0.0546 e. The SMILES string of the molecule is c1ccc(-c2ccc(-c3ccc(N(c4ccc(-c5ccc(-c6ccccc6)cc5)cc4)c4cccc5c(-c6ccccc6)c(-c6ccccc6)c6ccccc6c45)cc3)cc2)cc1. The zero-order chi connectivity index (χ0) is 42.0. The lowest BCUT2D eigenvalue weighted by Gasteiger charge is -2.29. The van der Waals surface area contributed by atoms with E-state index >= 15 is 0 Å². The Bertz CT molecular complexity index is 3180. The van der Waals surface area contributed by atoms with E-state index in [1.54, 1.807) is 0 Å². The van der Waals surface area contributed by atoms with Crippen molar-refractivity contribution in [3.05, 3.63) is 261 Å². The molecular formula is C62H43N. The lowest BCUT2D eigenvalue weighted by Crippen LogP contribution is -2.11. The van der Waals surface area contributed by atoms with Gasteiger partial charge in [0.25, 0.3) is 0 Å². The van der Waals surface area contributed by atoms with E-state index in [0.29, 0.717) is 0 Å². The summed E-state index contributed by atoms with van der Waals surface area (Å²) in [5.74, 6) is 0. The second-order valence-corrected chi connectivity index (χ2v) is 16.0. The summed E-state index contributed by atoms with van der Waals surface area (Å²) in [6, 6.07) is 94.6. The molecule has 0 aliphatic carbocycles. The van der Waals surface area contributed by atoms with Crippen LogP contribution in [0.3, 0.4) is 0 Å². The quantitative estimate of drug-likeness (QED) is 0.131. The number of hydrogen-bond donors (Lipinski definition) is 0. The molecule has 0 spiro atoms. The average Bonchev–Trinajstić information content (AvgIpc) is 3.37. The molecule has 63 heavy (non-hydrogen) atoms. The van der Waals surface area contributed by atoms with Crippen molar-refractivity contribution < 1.29 is 0 Å². The van der Waals surface area contributed by atoms with E-state index in [0.717, 1.165) is 17.1 Å². The fourth-order valence-corrected chi connectivity index (χ4v) is 9.22. The van der Waals surface area contributed by atoms with E-state index in [-0.39, 0.29) is 0 Å². The summed E-state index contributed by atoms with van der Waals surface area (Å²) in [6.07, 6.45) is 0. The van der Waals surface area contributed by atoms with E-state index in [2.05, 4.69) is 266 Å². The number of nitrogens with zero attached hydrogens (tertiary/aromatic N) is 1. The van der Waals surface area contributed by atoms with E-state index in [4.69, 9.17) is 0 Å². The third-order valence-corrected chi connectivity index (χ3v) is 12.3. The molecule has 1 heteroatoms. The predicted molar refractivity (Wildman–Crippen MR) is 269 cm³/mol. The van der Waals surface area contributed by atoms with E-state index < -0.39 is 0 Å². The highest BCUT2D eigenvalue weighted by Gasteiger charge is 2.23. The summed E-state index contributed by atoms with van der Waals surface area (Å²) in [7, 11) is 0. The van der Waals surface area contributed by atoms with E-state index in [1.165, 1.54) is 88.3 Å². The molecule has 0 aliphatic rings. The highest BCUT2D eigenvalue weighted by molar-refractivity contribution is 6.25. The topological polar surface area (TPSA) is 3.24 Å². The van der Waals surface area contributed by atoms with Crippen molar-refractivity contribution in [2.24, 2.45) is 0 Å². The number of hydrogen-bond acceptors (Lipinski definition) is 1. The van der Waals surface area contributed by atoms with Gasteiger partial charge >= 0.3 is 0 Å². The summed E-state index contributed by atoms with van der Waals surface area (Å²) in [4.78, 5) is 2.44. The molecule has 0 saturated carbocycles. The van der Waals surface area contributed by atoms with E-state index in [9.17, 15) is 0 Å². The van der Waals surface area contributed by atoms with Gasteiger partial charge in [-0.2, -0.15) is 0 Å². The standard InChI is InChI=1S/C62H43N/c1-5-16-44(17-6-1)46-28-32-48(33-29-46)50-36-40-54(41-37-50)63(55-42-38-51(39-43-55)49-34-30-47(31-35-49)45-18-7-2-8-19-45)59-27-15-26-58-61(53-22-11-4-12-23-53)60(52-20-9-3-10-21-52)56-24-13-14-25-57(56)62(58)59/h1-43H. The maximum absolute atomic E-state index is 2.44. The molecule has 11 aromatic carbocycles. The minimum atomic E-state index is 1.09. The van der Waals surface area contributed by atoms with Crippen molar-refractivity contribution in [3.8, 4) is 66.8 Å². The molecule has 0 fully saturated rings. The zero-order valence-corrected chi connectivity index (χ0v) is 34.8. The minimum absolute atomic E-state index is 1.09. The highest BCUT2D eigenvalue weighted by Crippen LogP contribution is 2.49. The Morgan fingerprint density at radius 1 is 0.190 bits per heavy atom. The summed E-state index contributed by atoms with van der Waals surface area (Å²) in [6.45, 7) is 0. The first-order valence-corrected chi connectivity index (χ1v) is 21.7.